The Labute approximate surface area is 207 Å². The first-order valence-corrected chi connectivity index (χ1v) is 12.7. The van der Waals surface area contributed by atoms with Crippen LogP contribution in [0.5, 0.6) is 0 Å². The molecule has 4 nitrogen and oxygen atoms in total. The van der Waals surface area contributed by atoms with Crippen molar-refractivity contribution in [3.8, 4) is 0 Å². The van der Waals surface area contributed by atoms with Crippen LogP contribution in [-0.4, -0.2) is 61.6 Å². The van der Waals surface area contributed by atoms with E-state index in [0.717, 1.165) is 64.1 Å². The molecule has 0 bridgehead atoms. The lowest BCUT2D eigenvalue weighted by Gasteiger charge is -2.34. The number of carbonyl (C=O) groups excluding carboxylic acids is 1. The Morgan fingerprint density at radius 1 is 0.853 bits per heavy atom. The molecule has 0 aromatic heterocycles. The molecule has 2 rings (SSSR count). The molecular formula is C30H44N2O2. The van der Waals surface area contributed by atoms with Gasteiger partial charge >= 0.3 is 5.97 Å². The first kappa shape index (κ1) is 27.8. The van der Waals surface area contributed by atoms with Crippen molar-refractivity contribution in [1.29, 1.82) is 0 Å². The van der Waals surface area contributed by atoms with Gasteiger partial charge in [-0.2, -0.15) is 0 Å². The number of ether oxygens (including phenoxy) is 1. The van der Waals surface area contributed by atoms with E-state index in [2.05, 4.69) is 55.7 Å². The fraction of sp³-hybridized carbons (Fsp3) is 0.500. The highest BCUT2D eigenvalue weighted by Crippen LogP contribution is 2.12. The van der Waals surface area contributed by atoms with E-state index in [9.17, 15) is 4.79 Å². The Morgan fingerprint density at radius 3 is 2.15 bits per heavy atom. The molecule has 0 unspecified atom stereocenters. The predicted octanol–water partition coefficient (Wildman–Crippen LogP) is 6.28. The molecule has 1 aliphatic rings. The molecular weight excluding hydrogens is 420 g/mol. The van der Waals surface area contributed by atoms with Crippen LogP contribution in [0.1, 0.15) is 58.9 Å². The van der Waals surface area contributed by atoms with Gasteiger partial charge in [-0.25, -0.2) is 4.79 Å². The quantitative estimate of drug-likeness (QED) is 0.195. The lowest BCUT2D eigenvalue weighted by Crippen LogP contribution is -2.47. The van der Waals surface area contributed by atoms with Crippen LogP contribution in [0.15, 0.2) is 71.4 Å². The summed E-state index contributed by atoms with van der Waals surface area (Å²) in [5, 5.41) is 0. The lowest BCUT2D eigenvalue weighted by atomic mass is 10.1. The van der Waals surface area contributed by atoms with Crippen LogP contribution in [-0.2, 0) is 9.53 Å². The van der Waals surface area contributed by atoms with Crippen LogP contribution in [0.2, 0.25) is 0 Å². The highest BCUT2D eigenvalue weighted by Gasteiger charge is 2.15. The van der Waals surface area contributed by atoms with Gasteiger partial charge in [0.05, 0.1) is 0 Å². The molecule has 1 aromatic carbocycles. The van der Waals surface area contributed by atoms with Crippen LogP contribution < -0.4 is 0 Å². The van der Waals surface area contributed by atoms with Gasteiger partial charge in [-0.05, 0) is 65.0 Å². The van der Waals surface area contributed by atoms with Crippen molar-refractivity contribution in [1.82, 2.24) is 9.80 Å². The van der Waals surface area contributed by atoms with Crippen LogP contribution in [0.3, 0.4) is 0 Å². The zero-order valence-corrected chi connectivity index (χ0v) is 21.8. The number of carbonyl (C=O) groups is 1. The number of nitrogens with zero attached hydrogens (tertiary/aromatic N) is 2. The summed E-state index contributed by atoms with van der Waals surface area (Å²) in [6.45, 7) is 15.3. The molecule has 1 fully saturated rings. The van der Waals surface area contributed by atoms with Gasteiger partial charge < -0.3 is 4.74 Å². The molecule has 0 aliphatic carbocycles. The maximum Gasteiger partial charge on any atom is 0.330 e. The number of hydrogen-bond donors (Lipinski definition) is 0. The zero-order chi connectivity index (χ0) is 24.6. The summed E-state index contributed by atoms with van der Waals surface area (Å²) in [7, 11) is 0. The Bertz CT molecular complexity index is 840. The summed E-state index contributed by atoms with van der Waals surface area (Å²) in [5.41, 5.74) is 5.38. The number of benzene rings is 1. The van der Waals surface area contributed by atoms with Crippen molar-refractivity contribution >= 4 is 12.0 Å². The van der Waals surface area contributed by atoms with E-state index in [1.165, 1.54) is 29.2 Å². The van der Waals surface area contributed by atoms with Crippen LogP contribution in [0.4, 0.5) is 0 Å². The first-order chi connectivity index (χ1) is 16.4. The van der Waals surface area contributed by atoms with Gasteiger partial charge in [-0.15, -0.1) is 0 Å². The van der Waals surface area contributed by atoms with Gasteiger partial charge in [0, 0.05) is 45.3 Å². The normalized spacial score (nSPS) is 16.1. The van der Waals surface area contributed by atoms with Gasteiger partial charge in [0.1, 0.15) is 6.61 Å². The average molecular weight is 465 g/mol. The number of hydrogen-bond acceptors (Lipinski definition) is 4. The lowest BCUT2D eigenvalue weighted by molar-refractivity contribution is -0.138. The summed E-state index contributed by atoms with van der Waals surface area (Å²) in [6, 6.07) is 9.80. The zero-order valence-electron chi connectivity index (χ0n) is 21.8. The molecule has 0 N–H and O–H groups in total. The SMILES string of the molecule is CC(C)=CCCC(C)=CCCC(C)=CCN1CCN(CCOC(=O)C=Cc2ccccc2)CC1. The van der Waals surface area contributed by atoms with Crippen molar-refractivity contribution in [2.45, 2.75) is 53.4 Å². The second-order valence-electron chi connectivity index (χ2n) is 9.51. The fourth-order valence-electron chi connectivity index (χ4n) is 3.87. The van der Waals surface area contributed by atoms with Crippen LogP contribution in [0.25, 0.3) is 6.08 Å². The minimum atomic E-state index is -0.277. The summed E-state index contributed by atoms with van der Waals surface area (Å²) in [4.78, 5) is 16.8. The average Bonchev–Trinajstić information content (AvgIpc) is 2.82. The largest absolute Gasteiger partial charge is 0.461 e. The van der Waals surface area contributed by atoms with E-state index in [1.807, 2.05) is 30.3 Å². The Kier molecular flexibility index (Phi) is 13.3. The standard InChI is InChI=1S/C30H44N2O2/c1-26(2)10-8-11-27(3)12-9-13-28(4)18-19-31-20-22-32(23-21-31)24-25-34-30(33)17-16-29-14-6-5-7-15-29/h5-7,10,12,14-18H,8-9,11,13,19-25H2,1-4H3. The molecule has 34 heavy (non-hydrogen) atoms. The van der Waals surface area contributed by atoms with E-state index < -0.39 is 0 Å². The molecule has 1 aromatic rings. The topological polar surface area (TPSA) is 32.8 Å². The summed E-state index contributed by atoms with van der Waals surface area (Å²) >= 11 is 0. The molecule has 0 atom stereocenters. The third kappa shape index (κ3) is 12.7. The maximum atomic E-state index is 11.9. The van der Waals surface area contributed by atoms with Gasteiger partial charge in [0.15, 0.2) is 0 Å². The van der Waals surface area contributed by atoms with E-state index in [4.69, 9.17) is 4.74 Å². The maximum absolute atomic E-state index is 11.9. The second kappa shape index (κ2) is 16.2. The summed E-state index contributed by atoms with van der Waals surface area (Å²) in [6.07, 6.45) is 15.0. The molecule has 1 saturated heterocycles. The minimum absolute atomic E-state index is 0.277. The van der Waals surface area contributed by atoms with Gasteiger partial charge in [0.25, 0.3) is 0 Å². The third-order valence-electron chi connectivity index (χ3n) is 6.15. The van der Waals surface area contributed by atoms with Gasteiger partial charge in [0.2, 0.25) is 0 Å². The van der Waals surface area contributed by atoms with E-state index in [1.54, 1.807) is 6.08 Å². The highest BCUT2D eigenvalue weighted by atomic mass is 16.5. The monoisotopic (exact) mass is 464 g/mol. The molecule has 1 heterocycles. The summed E-state index contributed by atoms with van der Waals surface area (Å²) in [5.74, 6) is -0.277. The Morgan fingerprint density at radius 2 is 1.47 bits per heavy atom. The third-order valence-corrected chi connectivity index (χ3v) is 6.15. The predicted molar refractivity (Wildman–Crippen MR) is 145 cm³/mol. The van der Waals surface area contributed by atoms with E-state index in [-0.39, 0.29) is 5.97 Å². The number of piperazine rings is 1. The first-order valence-electron chi connectivity index (χ1n) is 12.7. The number of allylic oxidation sites excluding steroid dienone is 5. The van der Waals surface area contributed by atoms with Crippen molar-refractivity contribution in [2.75, 3.05) is 45.9 Å². The molecule has 186 valence electrons. The minimum Gasteiger partial charge on any atom is -0.461 e. The molecule has 0 spiro atoms. The summed E-state index contributed by atoms with van der Waals surface area (Å²) < 4.78 is 5.36. The number of esters is 1. The van der Waals surface area contributed by atoms with E-state index in [0.29, 0.717) is 6.61 Å². The molecule has 4 heteroatoms. The van der Waals surface area contributed by atoms with E-state index >= 15 is 0 Å². The van der Waals surface area contributed by atoms with Crippen molar-refractivity contribution in [3.63, 3.8) is 0 Å². The molecule has 0 amide bonds. The molecule has 1 aliphatic heterocycles. The smallest absolute Gasteiger partial charge is 0.330 e. The molecule has 0 saturated carbocycles. The highest BCUT2D eigenvalue weighted by molar-refractivity contribution is 5.87. The van der Waals surface area contributed by atoms with Crippen LogP contribution in [0, 0.1) is 0 Å². The van der Waals surface area contributed by atoms with Crippen LogP contribution >= 0.6 is 0 Å². The second-order valence-corrected chi connectivity index (χ2v) is 9.51. The van der Waals surface area contributed by atoms with Crippen molar-refractivity contribution < 1.29 is 9.53 Å². The van der Waals surface area contributed by atoms with Gasteiger partial charge in [-0.1, -0.05) is 65.3 Å². The Hall–Kier alpha value is -2.43. The van der Waals surface area contributed by atoms with Crippen molar-refractivity contribution in [3.05, 3.63) is 76.9 Å². The molecule has 0 radical (unpaired) electrons. The fourth-order valence-corrected chi connectivity index (χ4v) is 3.87. The van der Waals surface area contributed by atoms with Crippen molar-refractivity contribution in [2.24, 2.45) is 0 Å². The Balaban J connectivity index is 1.56. The van der Waals surface area contributed by atoms with Gasteiger partial charge in [-0.3, -0.25) is 9.80 Å². The number of rotatable bonds is 13.